The minimum atomic E-state index is 0.0124. The Bertz CT molecular complexity index is 465. The molecule has 0 bridgehead atoms. The van der Waals surface area contributed by atoms with Crippen LogP contribution in [0.3, 0.4) is 0 Å². The number of piperazine rings is 1. The summed E-state index contributed by atoms with van der Waals surface area (Å²) < 4.78 is 5.85. The van der Waals surface area contributed by atoms with Crippen molar-refractivity contribution in [2.45, 2.75) is 0 Å². The van der Waals surface area contributed by atoms with E-state index in [2.05, 4.69) is 27.9 Å². The summed E-state index contributed by atoms with van der Waals surface area (Å²) in [6.07, 6.45) is 0. The van der Waals surface area contributed by atoms with Crippen LogP contribution in [0.5, 0.6) is 5.75 Å². The number of hydrogen-bond donors (Lipinski definition) is 0. The highest BCUT2D eigenvalue weighted by Gasteiger charge is 2.22. The van der Waals surface area contributed by atoms with E-state index in [0.29, 0.717) is 20.8 Å². The fourth-order valence-electron chi connectivity index (χ4n) is 2.07. The van der Waals surface area contributed by atoms with Crippen molar-refractivity contribution in [3.8, 4) is 5.75 Å². The Kier molecular flexibility index (Phi) is 4.71. The summed E-state index contributed by atoms with van der Waals surface area (Å²) in [6, 6.07) is 3.41. The zero-order valence-electron chi connectivity index (χ0n) is 10.9. The average Bonchev–Trinajstić information content (AvgIpc) is 2.38. The van der Waals surface area contributed by atoms with Crippen LogP contribution in [0, 0.1) is 0 Å². The number of halogens is 2. The Morgan fingerprint density at radius 1 is 1.32 bits per heavy atom. The number of likely N-dealkylation sites (N-methyl/N-ethyl adjacent to an activating group) is 1. The van der Waals surface area contributed by atoms with Gasteiger partial charge in [0.2, 0.25) is 0 Å². The van der Waals surface area contributed by atoms with E-state index in [1.807, 2.05) is 4.90 Å². The van der Waals surface area contributed by atoms with Crippen molar-refractivity contribution in [2.24, 2.45) is 0 Å². The minimum Gasteiger partial charge on any atom is -0.494 e. The van der Waals surface area contributed by atoms with Crippen molar-refractivity contribution in [1.29, 1.82) is 0 Å². The maximum atomic E-state index is 12.4. The quantitative estimate of drug-likeness (QED) is 0.824. The number of benzene rings is 1. The lowest BCUT2D eigenvalue weighted by Crippen LogP contribution is -2.47. The van der Waals surface area contributed by atoms with Crippen molar-refractivity contribution in [3.05, 3.63) is 27.2 Å². The summed E-state index contributed by atoms with van der Waals surface area (Å²) in [5, 5.41) is 0.439. The van der Waals surface area contributed by atoms with E-state index in [4.69, 9.17) is 16.3 Å². The van der Waals surface area contributed by atoms with Crippen molar-refractivity contribution >= 4 is 33.4 Å². The molecule has 0 N–H and O–H groups in total. The van der Waals surface area contributed by atoms with Crippen LogP contribution < -0.4 is 4.74 Å². The smallest absolute Gasteiger partial charge is 0.254 e. The predicted molar refractivity (Wildman–Crippen MR) is 79.1 cm³/mol. The molecule has 4 nitrogen and oxygen atoms in total. The second kappa shape index (κ2) is 6.11. The van der Waals surface area contributed by atoms with Gasteiger partial charge in [-0.15, -0.1) is 0 Å². The van der Waals surface area contributed by atoms with Crippen LogP contribution in [-0.4, -0.2) is 56.0 Å². The van der Waals surface area contributed by atoms with Gasteiger partial charge in [-0.2, -0.15) is 0 Å². The Balaban J connectivity index is 2.20. The van der Waals surface area contributed by atoms with Crippen LogP contribution in [0.4, 0.5) is 0 Å². The van der Waals surface area contributed by atoms with Crippen LogP contribution in [0.25, 0.3) is 0 Å². The summed E-state index contributed by atoms with van der Waals surface area (Å²) in [5.41, 5.74) is 0.585. The van der Waals surface area contributed by atoms with E-state index in [1.165, 1.54) is 0 Å². The van der Waals surface area contributed by atoms with Gasteiger partial charge in [0.25, 0.3) is 5.91 Å². The van der Waals surface area contributed by atoms with E-state index >= 15 is 0 Å². The van der Waals surface area contributed by atoms with Crippen LogP contribution in [0.15, 0.2) is 16.6 Å². The molecule has 1 aliphatic rings. The molecule has 0 aliphatic carbocycles. The number of hydrogen-bond acceptors (Lipinski definition) is 3. The first-order valence-electron chi connectivity index (χ1n) is 6.03. The molecule has 0 radical (unpaired) electrons. The van der Waals surface area contributed by atoms with E-state index in [9.17, 15) is 4.79 Å². The molecule has 1 fully saturated rings. The molecule has 6 heteroatoms. The number of methoxy groups -OCH3 is 1. The van der Waals surface area contributed by atoms with Gasteiger partial charge in [-0.3, -0.25) is 4.79 Å². The summed E-state index contributed by atoms with van der Waals surface area (Å²) in [5.74, 6) is 0.565. The van der Waals surface area contributed by atoms with Gasteiger partial charge >= 0.3 is 0 Å². The second-order valence-electron chi connectivity index (χ2n) is 4.57. The lowest BCUT2D eigenvalue weighted by atomic mass is 10.1. The van der Waals surface area contributed by atoms with E-state index in [1.54, 1.807) is 19.2 Å². The van der Waals surface area contributed by atoms with Gasteiger partial charge in [0, 0.05) is 31.7 Å². The van der Waals surface area contributed by atoms with Crippen molar-refractivity contribution < 1.29 is 9.53 Å². The summed E-state index contributed by atoms with van der Waals surface area (Å²) >= 11 is 9.48. The SMILES string of the molecule is COc1c(Cl)cc(C(=O)N2CCN(C)CC2)cc1Br. The topological polar surface area (TPSA) is 32.8 Å². The number of ether oxygens (including phenoxy) is 1. The maximum Gasteiger partial charge on any atom is 0.254 e. The third-order valence-corrected chi connectivity index (χ3v) is 4.11. The van der Waals surface area contributed by atoms with E-state index in [0.717, 1.165) is 26.2 Å². The molecule has 104 valence electrons. The van der Waals surface area contributed by atoms with Crippen LogP contribution in [-0.2, 0) is 0 Å². The number of rotatable bonds is 2. The third kappa shape index (κ3) is 3.22. The zero-order valence-corrected chi connectivity index (χ0v) is 13.3. The molecule has 1 aliphatic heterocycles. The normalized spacial score (nSPS) is 16.5. The van der Waals surface area contributed by atoms with Gasteiger partial charge in [-0.05, 0) is 35.1 Å². The number of carbonyl (C=O) groups excluding carboxylic acids is 1. The average molecular weight is 348 g/mol. The predicted octanol–water partition coefficient (Wildman–Crippen LogP) is 2.50. The van der Waals surface area contributed by atoms with Gasteiger partial charge in [0.15, 0.2) is 5.75 Å². The Hall–Kier alpha value is -0.780. The van der Waals surface area contributed by atoms with Gasteiger partial charge < -0.3 is 14.5 Å². The summed E-state index contributed by atoms with van der Waals surface area (Å²) in [6.45, 7) is 3.29. The molecule has 0 aromatic heterocycles. The molecule has 1 saturated heterocycles. The first-order chi connectivity index (χ1) is 9.02. The van der Waals surface area contributed by atoms with Crippen molar-refractivity contribution in [1.82, 2.24) is 9.80 Å². The summed E-state index contributed by atoms with van der Waals surface area (Å²) in [4.78, 5) is 16.5. The Morgan fingerprint density at radius 2 is 1.95 bits per heavy atom. The molecular formula is C13H16BrClN2O2. The van der Waals surface area contributed by atoms with Crippen molar-refractivity contribution in [2.75, 3.05) is 40.3 Å². The largest absolute Gasteiger partial charge is 0.494 e. The Labute approximate surface area is 126 Å². The standard InChI is InChI=1S/C13H16BrClN2O2/c1-16-3-5-17(6-4-16)13(18)9-7-10(14)12(19-2)11(15)8-9/h7-8H,3-6H2,1-2H3. The first kappa shape index (κ1) is 14.6. The fourth-order valence-corrected chi connectivity index (χ4v) is 3.10. The molecule has 1 aromatic carbocycles. The second-order valence-corrected chi connectivity index (χ2v) is 5.83. The van der Waals surface area contributed by atoms with Crippen LogP contribution >= 0.6 is 27.5 Å². The fraction of sp³-hybridized carbons (Fsp3) is 0.462. The van der Waals surface area contributed by atoms with E-state index in [-0.39, 0.29) is 5.91 Å². The van der Waals surface area contributed by atoms with Crippen LogP contribution in [0.2, 0.25) is 5.02 Å². The highest BCUT2D eigenvalue weighted by molar-refractivity contribution is 9.10. The first-order valence-corrected chi connectivity index (χ1v) is 7.21. The van der Waals surface area contributed by atoms with Crippen LogP contribution in [0.1, 0.15) is 10.4 Å². The van der Waals surface area contributed by atoms with Gasteiger partial charge in [0.05, 0.1) is 16.6 Å². The van der Waals surface area contributed by atoms with Crippen molar-refractivity contribution in [3.63, 3.8) is 0 Å². The molecule has 2 rings (SSSR count). The molecule has 0 atom stereocenters. The molecule has 1 heterocycles. The van der Waals surface area contributed by atoms with E-state index < -0.39 is 0 Å². The molecule has 0 unspecified atom stereocenters. The lowest BCUT2D eigenvalue weighted by molar-refractivity contribution is 0.0664. The molecule has 0 saturated carbocycles. The monoisotopic (exact) mass is 346 g/mol. The molecule has 19 heavy (non-hydrogen) atoms. The highest BCUT2D eigenvalue weighted by Crippen LogP contribution is 2.34. The highest BCUT2D eigenvalue weighted by atomic mass is 79.9. The zero-order chi connectivity index (χ0) is 14.0. The van der Waals surface area contributed by atoms with Gasteiger partial charge in [0.1, 0.15) is 0 Å². The summed E-state index contributed by atoms with van der Waals surface area (Å²) in [7, 11) is 3.61. The third-order valence-electron chi connectivity index (χ3n) is 3.24. The molecular weight excluding hydrogens is 332 g/mol. The number of nitrogens with zero attached hydrogens (tertiary/aromatic N) is 2. The van der Waals surface area contributed by atoms with Gasteiger partial charge in [-0.1, -0.05) is 11.6 Å². The lowest BCUT2D eigenvalue weighted by Gasteiger charge is -2.32. The maximum absolute atomic E-state index is 12.4. The molecule has 1 amide bonds. The number of carbonyl (C=O) groups is 1. The van der Waals surface area contributed by atoms with Gasteiger partial charge in [-0.25, -0.2) is 0 Å². The molecule has 1 aromatic rings. The minimum absolute atomic E-state index is 0.0124. The molecule has 0 spiro atoms. The number of amides is 1. The Morgan fingerprint density at radius 3 is 2.47 bits per heavy atom.